The average molecular weight is 308 g/mol. The Hall–Kier alpha value is -2.15. The summed E-state index contributed by atoms with van der Waals surface area (Å²) in [4.78, 5) is 19.2. The van der Waals surface area contributed by atoms with Crippen molar-refractivity contribution in [1.29, 1.82) is 0 Å². The fourth-order valence-corrected chi connectivity index (χ4v) is 2.56. The van der Waals surface area contributed by atoms with Gasteiger partial charge in [0.15, 0.2) is 15.5 Å². The van der Waals surface area contributed by atoms with Crippen LogP contribution in [0.15, 0.2) is 29.2 Å². The van der Waals surface area contributed by atoms with Crippen LogP contribution in [0.3, 0.4) is 0 Å². The second kappa shape index (κ2) is 5.69. The molecule has 0 aliphatic rings. The molecule has 6 nitrogen and oxygen atoms in total. The number of benzene rings is 1. The van der Waals surface area contributed by atoms with Gasteiger partial charge in [0.05, 0.1) is 12.0 Å². The van der Waals surface area contributed by atoms with E-state index in [2.05, 4.69) is 9.97 Å². The van der Waals surface area contributed by atoms with Crippen LogP contribution in [-0.4, -0.2) is 37.7 Å². The third-order valence-electron chi connectivity index (χ3n) is 3.07. The highest BCUT2D eigenvalue weighted by atomic mass is 32.2. The standard InChI is InChI=1S/C14H16N2O4S/c1-4-11-12(14(17)20-2)16-13(15-11)9-5-7-10(8-6-9)21(3,18)19/h5-8H,4H2,1-3H3,(H,15,16). The second-order valence-corrected chi connectivity index (χ2v) is 6.57. The van der Waals surface area contributed by atoms with E-state index in [-0.39, 0.29) is 10.6 Å². The van der Waals surface area contributed by atoms with Gasteiger partial charge >= 0.3 is 5.97 Å². The lowest BCUT2D eigenvalue weighted by atomic mass is 10.2. The summed E-state index contributed by atoms with van der Waals surface area (Å²) in [6, 6.07) is 6.32. The molecule has 0 radical (unpaired) electrons. The highest BCUT2D eigenvalue weighted by molar-refractivity contribution is 7.90. The van der Waals surface area contributed by atoms with Gasteiger partial charge in [-0.1, -0.05) is 6.92 Å². The summed E-state index contributed by atoms with van der Waals surface area (Å²) in [6.07, 6.45) is 1.76. The third kappa shape index (κ3) is 3.13. The van der Waals surface area contributed by atoms with Crippen LogP contribution in [0, 0.1) is 0 Å². The zero-order chi connectivity index (χ0) is 15.6. The number of carbonyl (C=O) groups excluding carboxylic acids is 1. The monoisotopic (exact) mass is 308 g/mol. The first-order valence-electron chi connectivity index (χ1n) is 6.34. The van der Waals surface area contributed by atoms with E-state index in [0.717, 1.165) is 6.26 Å². The Balaban J connectivity index is 2.43. The van der Waals surface area contributed by atoms with Crippen molar-refractivity contribution >= 4 is 15.8 Å². The molecular formula is C14H16N2O4S. The number of rotatable bonds is 4. The number of ether oxygens (including phenoxy) is 1. The molecule has 0 unspecified atom stereocenters. The van der Waals surface area contributed by atoms with Crippen LogP contribution < -0.4 is 0 Å². The number of aromatic nitrogens is 2. The predicted octanol–water partition coefficient (Wildman–Crippen LogP) is 1.83. The van der Waals surface area contributed by atoms with Gasteiger partial charge in [0.1, 0.15) is 5.82 Å². The first-order valence-corrected chi connectivity index (χ1v) is 8.23. The molecule has 2 aromatic rings. The zero-order valence-corrected chi connectivity index (χ0v) is 12.8. The number of aromatic amines is 1. The smallest absolute Gasteiger partial charge is 0.358 e. The number of aryl methyl sites for hydroxylation is 1. The summed E-state index contributed by atoms with van der Waals surface area (Å²) in [7, 11) is -1.93. The molecule has 1 N–H and O–H groups in total. The Morgan fingerprint density at radius 1 is 1.29 bits per heavy atom. The fraction of sp³-hybridized carbons (Fsp3) is 0.286. The van der Waals surface area contributed by atoms with E-state index >= 15 is 0 Å². The van der Waals surface area contributed by atoms with E-state index in [4.69, 9.17) is 4.74 Å². The van der Waals surface area contributed by atoms with E-state index < -0.39 is 15.8 Å². The summed E-state index contributed by atoms with van der Waals surface area (Å²) in [5.41, 5.74) is 1.64. The van der Waals surface area contributed by atoms with Crippen molar-refractivity contribution in [2.75, 3.05) is 13.4 Å². The molecule has 7 heteroatoms. The molecule has 0 fully saturated rings. The van der Waals surface area contributed by atoms with Gasteiger partial charge in [-0.05, 0) is 30.7 Å². The molecule has 112 valence electrons. The van der Waals surface area contributed by atoms with Crippen LogP contribution in [0.25, 0.3) is 11.4 Å². The number of hydrogen-bond donors (Lipinski definition) is 1. The molecule has 0 bridgehead atoms. The van der Waals surface area contributed by atoms with Crippen molar-refractivity contribution in [3.05, 3.63) is 35.7 Å². The SMILES string of the molecule is CCc1[nH]c(-c2ccc(S(C)(=O)=O)cc2)nc1C(=O)OC. The minimum atomic E-state index is -3.23. The molecule has 0 saturated carbocycles. The largest absolute Gasteiger partial charge is 0.464 e. The zero-order valence-electron chi connectivity index (χ0n) is 12.0. The second-order valence-electron chi connectivity index (χ2n) is 4.55. The summed E-state index contributed by atoms with van der Waals surface area (Å²) < 4.78 is 27.5. The summed E-state index contributed by atoms with van der Waals surface area (Å²) in [5.74, 6) is 0.00871. The van der Waals surface area contributed by atoms with E-state index in [9.17, 15) is 13.2 Å². The number of methoxy groups -OCH3 is 1. The van der Waals surface area contributed by atoms with Crippen LogP contribution in [0.5, 0.6) is 0 Å². The molecule has 1 heterocycles. The van der Waals surface area contributed by atoms with Crippen LogP contribution >= 0.6 is 0 Å². The van der Waals surface area contributed by atoms with Crippen molar-refractivity contribution in [2.45, 2.75) is 18.2 Å². The topological polar surface area (TPSA) is 89.1 Å². The Bertz CT molecular complexity index is 761. The highest BCUT2D eigenvalue weighted by Crippen LogP contribution is 2.21. The molecule has 21 heavy (non-hydrogen) atoms. The normalized spacial score (nSPS) is 11.4. The molecule has 0 atom stereocenters. The lowest BCUT2D eigenvalue weighted by Gasteiger charge is -2.00. The van der Waals surface area contributed by atoms with Crippen LogP contribution in [-0.2, 0) is 21.0 Å². The summed E-state index contributed by atoms with van der Waals surface area (Å²) in [6.45, 7) is 1.90. The lowest BCUT2D eigenvalue weighted by Crippen LogP contribution is -2.04. The van der Waals surface area contributed by atoms with Gasteiger partial charge in [-0.2, -0.15) is 0 Å². The van der Waals surface area contributed by atoms with Gasteiger partial charge in [0.25, 0.3) is 0 Å². The first-order chi connectivity index (χ1) is 9.86. The fourth-order valence-electron chi connectivity index (χ4n) is 1.93. The summed E-state index contributed by atoms with van der Waals surface area (Å²) >= 11 is 0. The average Bonchev–Trinajstić information content (AvgIpc) is 2.90. The highest BCUT2D eigenvalue weighted by Gasteiger charge is 2.18. The number of sulfone groups is 1. The Morgan fingerprint density at radius 2 is 1.90 bits per heavy atom. The molecule has 1 aromatic heterocycles. The van der Waals surface area contributed by atoms with Crippen LogP contribution in [0.4, 0.5) is 0 Å². The van der Waals surface area contributed by atoms with E-state index in [0.29, 0.717) is 23.5 Å². The number of esters is 1. The van der Waals surface area contributed by atoms with Crippen LogP contribution in [0.2, 0.25) is 0 Å². The van der Waals surface area contributed by atoms with Crippen LogP contribution in [0.1, 0.15) is 23.1 Å². The summed E-state index contributed by atoms with van der Waals surface area (Å²) in [5, 5.41) is 0. The Kier molecular flexibility index (Phi) is 4.13. The van der Waals surface area contributed by atoms with E-state index in [1.54, 1.807) is 12.1 Å². The predicted molar refractivity (Wildman–Crippen MR) is 77.9 cm³/mol. The number of nitrogens with one attached hydrogen (secondary N) is 1. The number of nitrogens with zero attached hydrogens (tertiary/aromatic N) is 1. The Labute approximate surface area is 123 Å². The molecule has 0 spiro atoms. The van der Waals surface area contributed by atoms with E-state index in [1.165, 1.54) is 19.2 Å². The van der Waals surface area contributed by atoms with Gasteiger partial charge in [-0.25, -0.2) is 18.2 Å². The Morgan fingerprint density at radius 3 is 2.38 bits per heavy atom. The van der Waals surface area contributed by atoms with Crippen molar-refractivity contribution in [2.24, 2.45) is 0 Å². The third-order valence-corrected chi connectivity index (χ3v) is 4.20. The molecule has 0 aliphatic heterocycles. The molecule has 0 amide bonds. The molecule has 1 aromatic carbocycles. The number of H-pyrrole nitrogens is 1. The van der Waals surface area contributed by atoms with Gasteiger partial charge in [0, 0.05) is 17.5 Å². The van der Waals surface area contributed by atoms with Gasteiger partial charge in [-0.15, -0.1) is 0 Å². The van der Waals surface area contributed by atoms with Crippen molar-refractivity contribution in [1.82, 2.24) is 9.97 Å². The lowest BCUT2D eigenvalue weighted by molar-refractivity contribution is 0.0593. The number of imidazole rings is 1. The van der Waals surface area contributed by atoms with Crippen molar-refractivity contribution < 1.29 is 17.9 Å². The maximum Gasteiger partial charge on any atom is 0.358 e. The number of carbonyl (C=O) groups is 1. The molecular weight excluding hydrogens is 292 g/mol. The maximum absolute atomic E-state index is 11.6. The van der Waals surface area contributed by atoms with Gasteiger partial charge in [-0.3, -0.25) is 0 Å². The minimum absolute atomic E-state index is 0.238. The quantitative estimate of drug-likeness (QED) is 0.870. The molecule has 2 rings (SSSR count). The maximum atomic E-state index is 11.6. The number of hydrogen-bond acceptors (Lipinski definition) is 5. The minimum Gasteiger partial charge on any atom is -0.464 e. The van der Waals surface area contributed by atoms with Gasteiger partial charge in [0.2, 0.25) is 0 Å². The first kappa shape index (κ1) is 15.2. The van der Waals surface area contributed by atoms with Crippen molar-refractivity contribution in [3.8, 4) is 11.4 Å². The van der Waals surface area contributed by atoms with Crippen molar-refractivity contribution in [3.63, 3.8) is 0 Å². The van der Waals surface area contributed by atoms with Gasteiger partial charge < -0.3 is 9.72 Å². The molecule has 0 aliphatic carbocycles. The molecule has 0 saturated heterocycles. The van der Waals surface area contributed by atoms with E-state index in [1.807, 2.05) is 6.92 Å².